The lowest BCUT2D eigenvalue weighted by Gasteiger charge is -2.26. The number of rotatable bonds is 7. The van der Waals surface area contributed by atoms with E-state index in [0.717, 1.165) is 50.5 Å². The maximum absolute atomic E-state index is 15.1. The second-order valence-corrected chi connectivity index (χ2v) is 10.5. The van der Waals surface area contributed by atoms with Crippen LogP contribution in [-0.2, 0) is 16.1 Å². The number of hydrogen-bond acceptors (Lipinski definition) is 7. The number of aromatic nitrogens is 4. The number of ether oxygens (including phenoxy) is 1. The summed E-state index contributed by atoms with van der Waals surface area (Å²) < 4.78 is 22.5. The number of aryl methyl sites for hydroxylation is 1. The molecule has 0 spiro atoms. The molecule has 1 amide bonds. The molecule has 0 bridgehead atoms. The fourth-order valence-corrected chi connectivity index (χ4v) is 5.64. The topological polar surface area (TPSA) is 111 Å². The third-order valence-corrected chi connectivity index (χ3v) is 8.05. The maximum Gasteiger partial charge on any atom is 0.229 e. The van der Waals surface area contributed by atoms with Gasteiger partial charge in [0, 0.05) is 72.8 Å². The summed E-state index contributed by atoms with van der Waals surface area (Å²) in [6, 6.07) is 5.30. The van der Waals surface area contributed by atoms with Gasteiger partial charge in [-0.3, -0.25) is 19.4 Å². The number of halogens is 1. The Balaban J connectivity index is 1.16. The second kappa shape index (κ2) is 10.3. The molecule has 1 aromatic carbocycles. The van der Waals surface area contributed by atoms with Gasteiger partial charge in [-0.1, -0.05) is 6.92 Å². The van der Waals surface area contributed by atoms with Gasteiger partial charge in [0.1, 0.15) is 5.82 Å². The highest BCUT2D eigenvalue weighted by Crippen LogP contribution is 2.54. The van der Waals surface area contributed by atoms with Crippen molar-refractivity contribution in [3.05, 3.63) is 66.1 Å². The summed E-state index contributed by atoms with van der Waals surface area (Å²) in [5, 5.41) is 8.69. The molecule has 10 heteroatoms. The predicted octanol–water partition coefficient (Wildman–Crippen LogP) is 3.84. The molecule has 0 radical (unpaired) electrons. The van der Waals surface area contributed by atoms with Gasteiger partial charge in [-0.2, -0.15) is 5.10 Å². The van der Waals surface area contributed by atoms with Gasteiger partial charge in [0.25, 0.3) is 0 Å². The third-order valence-electron chi connectivity index (χ3n) is 8.05. The smallest absolute Gasteiger partial charge is 0.229 e. The first-order valence-corrected chi connectivity index (χ1v) is 13.3. The van der Waals surface area contributed by atoms with Gasteiger partial charge in [0.2, 0.25) is 5.91 Å². The van der Waals surface area contributed by atoms with Crippen LogP contribution in [0.4, 0.5) is 15.9 Å². The van der Waals surface area contributed by atoms with Crippen LogP contribution in [0.5, 0.6) is 0 Å². The van der Waals surface area contributed by atoms with Crippen LogP contribution >= 0.6 is 0 Å². The SMILES string of the molecule is Cc1ccncc1-c1cc2cc(NC(=O)[C@H]3[C@H](C)[C@@H]3c3cnn(CCN4CCOCC4)c3)ncc2c(N)c1F. The Morgan fingerprint density at radius 3 is 2.79 bits per heavy atom. The van der Waals surface area contributed by atoms with E-state index < -0.39 is 5.82 Å². The number of hydrogen-bond donors (Lipinski definition) is 2. The second-order valence-electron chi connectivity index (χ2n) is 10.5. The zero-order valence-corrected chi connectivity index (χ0v) is 22.1. The summed E-state index contributed by atoms with van der Waals surface area (Å²) in [4.78, 5) is 24.1. The molecule has 1 aliphatic carbocycles. The number of benzene rings is 1. The molecule has 1 saturated heterocycles. The molecule has 3 N–H and O–H groups in total. The molecule has 202 valence electrons. The van der Waals surface area contributed by atoms with Gasteiger partial charge in [-0.25, -0.2) is 9.37 Å². The monoisotopic (exact) mass is 529 g/mol. The van der Waals surface area contributed by atoms with Crippen molar-refractivity contribution in [2.24, 2.45) is 11.8 Å². The Kier molecular flexibility index (Phi) is 6.74. The van der Waals surface area contributed by atoms with Crippen molar-refractivity contribution >= 4 is 28.2 Å². The van der Waals surface area contributed by atoms with E-state index in [1.807, 2.05) is 23.9 Å². The molecule has 6 rings (SSSR count). The average Bonchev–Trinajstić information content (AvgIpc) is 3.39. The summed E-state index contributed by atoms with van der Waals surface area (Å²) in [6.07, 6.45) is 8.74. The Morgan fingerprint density at radius 1 is 1.18 bits per heavy atom. The van der Waals surface area contributed by atoms with Gasteiger partial charge >= 0.3 is 0 Å². The predicted molar refractivity (Wildman–Crippen MR) is 148 cm³/mol. The fraction of sp³-hybridized carbons (Fsp3) is 0.379. The number of nitrogens with two attached hydrogens (primary N) is 1. The minimum absolute atomic E-state index is 0.0256. The minimum atomic E-state index is -0.502. The number of pyridine rings is 2. The van der Waals surface area contributed by atoms with E-state index in [0.29, 0.717) is 27.7 Å². The van der Waals surface area contributed by atoms with Crippen LogP contribution in [-0.4, -0.2) is 63.4 Å². The lowest BCUT2D eigenvalue weighted by atomic mass is 9.98. The number of nitrogens with zero attached hydrogens (tertiary/aromatic N) is 5. The molecule has 1 aliphatic heterocycles. The molecule has 3 aromatic heterocycles. The van der Waals surface area contributed by atoms with Crippen molar-refractivity contribution in [1.29, 1.82) is 0 Å². The van der Waals surface area contributed by atoms with Crippen LogP contribution in [0, 0.1) is 24.6 Å². The van der Waals surface area contributed by atoms with E-state index >= 15 is 4.39 Å². The molecule has 39 heavy (non-hydrogen) atoms. The van der Waals surface area contributed by atoms with Crippen LogP contribution in [0.3, 0.4) is 0 Å². The zero-order chi connectivity index (χ0) is 27.1. The van der Waals surface area contributed by atoms with Gasteiger partial charge in [0.05, 0.1) is 31.6 Å². The number of amides is 1. The lowest BCUT2D eigenvalue weighted by molar-refractivity contribution is -0.117. The summed E-state index contributed by atoms with van der Waals surface area (Å²) >= 11 is 0. The van der Waals surface area contributed by atoms with Crippen molar-refractivity contribution in [3.8, 4) is 11.1 Å². The number of nitrogen functional groups attached to an aromatic ring is 1. The van der Waals surface area contributed by atoms with Gasteiger partial charge in [-0.05, 0) is 47.6 Å². The van der Waals surface area contributed by atoms with Crippen LogP contribution in [0.15, 0.2) is 49.2 Å². The first-order chi connectivity index (χ1) is 18.9. The first kappa shape index (κ1) is 25.4. The molecular weight excluding hydrogens is 497 g/mol. The van der Waals surface area contributed by atoms with Crippen molar-refractivity contribution in [2.45, 2.75) is 26.3 Å². The molecule has 4 aromatic rings. The molecule has 4 heterocycles. The van der Waals surface area contributed by atoms with E-state index in [2.05, 4.69) is 38.4 Å². The summed E-state index contributed by atoms with van der Waals surface area (Å²) in [5.74, 6) is -0.0198. The van der Waals surface area contributed by atoms with Crippen LogP contribution < -0.4 is 11.1 Å². The van der Waals surface area contributed by atoms with E-state index in [4.69, 9.17) is 10.5 Å². The number of anilines is 2. The van der Waals surface area contributed by atoms with Crippen LogP contribution in [0.25, 0.3) is 21.9 Å². The van der Waals surface area contributed by atoms with Gasteiger partial charge < -0.3 is 15.8 Å². The minimum Gasteiger partial charge on any atom is -0.396 e. The molecular formula is C29H32FN7O2. The van der Waals surface area contributed by atoms with Crippen LogP contribution in [0.2, 0.25) is 0 Å². The van der Waals surface area contributed by atoms with E-state index in [1.165, 1.54) is 6.20 Å². The lowest BCUT2D eigenvalue weighted by Crippen LogP contribution is -2.38. The Morgan fingerprint density at radius 2 is 2.00 bits per heavy atom. The number of morpholine rings is 1. The molecule has 2 fully saturated rings. The Labute approximate surface area is 226 Å². The largest absolute Gasteiger partial charge is 0.396 e. The number of fused-ring (bicyclic) bond motifs is 1. The van der Waals surface area contributed by atoms with E-state index in [9.17, 15) is 4.79 Å². The zero-order valence-electron chi connectivity index (χ0n) is 22.1. The van der Waals surface area contributed by atoms with Crippen molar-refractivity contribution in [1.82, 2.24) is 24.6 Å². The van der Waals surface area contributed by atoms with Crippen molar-refractivity contribution in [3.63, 3.8) is 0 Å². The fourth-order valence-electron chi connectivity index (χ4n) is 5.64. The van der Waals surface area contributed by atoms with Gasteiger partial charge in [-0.15, -0.1) is 0 Å². The molecule has 9 nitrogen and oxygen atoms in total. The highest BCUT2D eigenvalue weighted by molar-refractivity contribution is 6.00. The van der Waals surface area contributed by atoms with Crippen molar-refractivity contribution < 1.29 is 13.9 Å². The van der Waals surface area contributed by atoms with E-state index in [1.54, 1.807) is 24.5 Å². The van der Waals surface area contributed by atoms with Crippen LogP contribution in [0.1, 0.15) is 24.0 Å². The summed E-state index contributed by atoms with van der Waals surface area (Å²) in [6.45, 7) is 9.18. The normalized spacial score (nSPS) is 21.3. The molecule has 1 saturated carbocycles. The standard InChI is InChI=1S/C29H32FN7O2/c1-17-3-4-32-14-22(17)21-11-19-12-24(33-15-23(19)28(31)27(21)30)35-29(38)26-18(2)25(26)20-13-34-37(16-20)6-5-36-7-9-39-10-8-36/h3-4,11-16,18,25-26H,5-10,31H2,1-2H3,(H,33,35,38)/t18-,25-,26+/m1/s1. The molecule has 3 atom stereocenters. The third kappa shape index (κ3) is 4.97. The first-order valence-electron chi connectivity index (χ1n) is 13.3. The quantitative estimate of drug-likeness (QED) is 0.350. The molecule has 2 aliphatic rings. The van der Waals surface area contributed by atoms with E-state index in [-0.39, 0.29) is 29.3 Å². The number of nitrogens with one attached hydrogen (secondary N) is 1. The number of carbonyl (C=O) groups excluding carboxylic acids is 1. The average molecular weight is 530 g/mol. The number of carbonyl (C=O) groups is 1. The van der Waals surface area contributed by atoms with Crippen molar-refractivity contribution in [2.75, 3.05) is 43.9 Å². The van der Waals surface area contributed by atoms with Gasteiger partial charge in [0.15, 0.2) is 5.82 Å². The molecule has 0 unspecified atom stereocenters. The Bertz CT molecular complexity index is 1530. The maximum atomic E-state index is 15.1. The Hall–Kier alpha value is -3.89. The highest BCUT2D eigenvalue weighted by atomic mass is 19.1. The summed E-state index contributed by atoms with van der Waals surface area (Å²) in [7, 11) is 0. The highest BCUT2D eigenvalue weighted by Gasteiger charge is 2.53. The summed E-state index contributed by atoms with van der Waals surface area (Å²) in [5.41, 5.74) is 9.18.